The average Bonchev–Trinajstić information content (AvgIpc) is 3.57. The summed E-state index contributed by atoms with van der Waals surface area (Å²) in [4.78, 5) is 24.5. The molecule has 0 aliphatic rings. The highest BCUT2D eigenvalue weighted by Gasteiger charge is 2.21. The Labute approximate surface area is 209 Å². The smallest absolute Gasteiger partial charge is 0.260 e. The van der Waals surface area contributed by atoms with Crippen LogP contribution in [-0.4, -0.2) is 27.0 Å². The SMILES string of the molecule is CCc1ccc2nc(N(CCCn3ccnc3)C(=O)c3ccc(Cc4ccccc4)cc3)sc2c1. The molecule has 0 aliphatic heterocycles. The van der Waals surface area contributed by atoms with Gasteiger partial charge < -0.3 is 4.57 Å². The van der Waals surface area contributed by atoms with Crippen LogP contribution in [0.1, 0.15) is 40.4 Å². The van der Waals surface area contributed by atoms with Crippen molar-refractivity contribution in [2.24, 2.45) is 0 Å². The Balaban J connectivity index is 1.38. The molecule has 0 fully saturated rings. The molecule has 2 heterocycles. The Bertz CT molecular complexity index is 1390. The van der Waals surface area contributed by atoms with E-state index in [9.17, 15) is 4.79 Å². The van der Waals surface area contributed by atoms with Crippen LogP contribution < -0.4 is 4.90 Å². The topological polar surface area (TPSA) is 51.0 Å². The maximum atomic E-state index is 13.7. The van der Waals surface area contributed by atoms with Gasteiger partial charge in [0.15, 0.2) is 5.13 Å². The van der Waals surface area contributed by atoms with E-state index in [4.69, 9.17) is 4.98 Å². The van der Waals surface area contributed by atoms with E-state index in [-0.39, 0.29) is 5.91 Å². The molecule has 0 radical (unpaired) electrons. The normalized spacial score (nSPS) is 11.1. The zero-order valence-corrected chi connectivity index (χ0v) is 20.6. The number of imidazole rings is 1. The van der Waals surface area contributed by atoms with E-state index in [1.165, 1.54) is 16.7 Å². The zero-order chi connectivity index (χ0) is 24.0. The molecular formula is C29H28N4OS. The number of benzene rings is 3. The number of nitrogens with zero attached hydrogens (tertiary/aromatic N) is 4. The van der Waals surface area contributed by atoms with E-state index in [0.29, 0.717) is 12.1 Å². The zero-order valence-electron chi connectivity index (χ0n) is 19.8. The standard InChI is InChI=1S/C29H28N4OS/c1-2-22-11-14-26-27(20-22)35-29(31-26)33(17-6-16-32-18-15-30-21-32)28(34)25-12-9-24(10-13-25)19-23-7-4-3-5-8-23/h3-5,7-15,18,20-21H,2,6,16-17,19H2,1H3. The Morgan fingerprint density at radius 1 is 0.971 bits per heavy atom. The van der Waals surface area contributed by atoms with E-state index in [1.54, 1.807) is 17.5 Å². The molecule has 0 atom stereocenters. The van der Waals surface area contributed by atoms with Crippen molar-refractivity contribution in [3.8, 4) is 0 Å². The van der Waals surface area contributed by atoms with Gasteiger partial charge in [-0.25, -0.2) is 9.97 Å². The Morgan fingerprint density at radius 2 is 1.74 bits per heavy atom. The number of hydrogen-bond donors (Lipinski definition) is 0. The van der Waals surface area contributed by atoms with E-state index in [2.05, 4.69) is 66.5 Å². The second kappa shape index (κ2) is 10.7. The number of aromatic nitrogens is 3. The van der Waals surface area contributed by atoms with Gasteiger partial charge in [0, 0.05) is 31.0 Å². The molecule has 3 aromatic carbocycles. The molecule has 1 amide bonds. The molecule has 0 N–H and O–H groups in total. The third kappa shape index (κ3) is 5.49. The fourth-order valence-electron chi connectivity index (χ4n) is 4.16. The first kappa shape index (κ1) is 23.0. The molecule has 0 spiro atoms. The first-order valence-corrected chi connectivity index (χ1v) is 12.8. The molecule has 0 bridgehead atoms. The summed E-state index contributed by atoms with van der Waals surface area (Å²) >= 11 is 1.59. The Hall–Kier alpha value is -3.77. The Morgan fingerprint density at radius 3 is 2.49 bits per heavy atom. The van der Waals surface area contributed by atoms with Crippen LogP contribution >= 0.6 is 11.3 Å². The lowest BCUT2D eigenvalue weighted by Gasteiger charge is -2.20. The van der Waals surface area contributed by atoms with Crippen LogP contribution in [0.5, 0.6) is 0 Å². The summed E-state index contributed by atoms with van der Waals surface area (Å²) in [6.07, 6.45) is 8.17. The van der Waals surface area contributed by atoms with Gasteiger partial charge in [-0.1, -0.05) is 66.8 Å². The molecule has 176 valence electrons. The van der Waals surface area contributed by atoms with Gasteiger partial charge in [-0.15, -0.1) is 0 Å². The maximum absolute atomic E-state index is 13.7. The van der Waals surface area contributed by atoms with Crippen molar-refractivity contribution in [3.63, 3.8) is 0 Å². The molecule has 5 rings (SSSR count). The molecular weight excluding hydrogens is 452 g/mol. The predicted octanol–water partition coefficient (Wildman–Crippen LogP) is 6.38. The van der Waals surface area contributed by atoms with Gasteiger partial charge in [0.2, 0.25) is 0 Å². The first-order chi connectivity index (χ1) is 17.2. The number of aryl methyl sites for hydroxylation is 2. The third-order valence-corrected chi connectivity index (χ3v) is 7.18. The number of fused-ring (bicyclic) bond motifs is 1. The fraction of sp³-hybridized carbons (Fsp3) is 0.207. The van der Waals surface area contributed by atoms with E-state index >= 15 is 0 Å². The number of amides is 1. The lowest BCUT2D eigenvalue weighted by Crippen LogP contribution is -2.32. The number of hydrogen-bond acceptors (Lipinski definition) is 4. The fourth-order valence-corrected chi connectivity index (χ4v) is 5.21. The van der Waals surface area contributed by atoms with Crippen molar-refractivity contribution < 1.29 is 4.79 Å². The molecule has 5 aromatic rings. The van der Waals surface area contributed by atoms with Gasteiger partial charge in [-0.3, -0.25) is 9.69 Å². The largest absolute Gasteiger partial charge is 0.337 e. The number of thiazole rings is 1. The summed E-state index contributed by atoms with van der Waals surface area (Å²) in [5, 5.41) is 0.747. The van der Waals surface area contributed by atoms with Gasteiger partial charge in [0.1, 0.15) is 0 Å². The number of anilines is 1. The summed E-state index contributed by atoms with van der Waals surface area (Å²) in [6, 6.07) is 24.7. The van der Waals surface area contributed by atoms with E-state index in [1.807, 2.05) is 40.2 Å². The number of rotatable bonds is 9. The maximum Gasteiger partial charge on any atom is 0.260 e. The van der Waals surface area contributed by atoms with Gasteiger partial charge in [-0.2, -0.15) is 0 Å². The quantitative estimate of drug-likeness (QED) is 0.246. The minimum Gasteiger partial charge on any atom is -0.337 e. The summed E-state index contributed by atoms with van der Waals surface area (Å²) in [5.41, 5.74) is 5.34. The second-order valence-corrected chi connectivity index (χ2v) is 9.63. The van der Waals surface area contributed by atoms with Crippen LogP contribution in [0, 0.1) is 0 Å². The highest BCUT2D eigenvalue weighted by Crippen LogP contribution is 2.31. The summed E-state index contributed by atoms with van der Waals surface area (Å²) in [7, 11) is 0. The van der Waals surface area contributed by atoms with Crippen molar-refractivity contribution in [3.05, 3.63) is 114 Å². The van der Waals surface area contributed by atoms with Crippen LogP contribution in [-0.2, 0) is 19.4 Å². The highest BCUT2D eigenvalue weighted by molar-refractivity contribution is 7.22. The van der Waals surface area contributed by atoms with Gasteiger partial charge in [0.25, 0.3) is 5.91 Å². The molecule has 5 nitrogen and oxygen atoms in total. The minimum atomic E-state index is -0.0170. The Kier molecular flexibility index (Phi) is 7.00. The monoisotopic (exact) mass is 480 g/mol. The summed E-state index contributed by atoms with van der Waals surface area (Å²) < 4.78 is 3.15. The van der Waals surface area contributed by atoms with Crippen LogP contribution in [0.2, 0.25) is 0 Å². The lowest BCUT2D eigenvalue weighted by atomic mass is 10.0. The summed E-state index contributed by atoms with van der Waals surface area (Å²) in [5.74, 6) is -0.0170. The molecule has 0 saturated heterocycles. The predicted molar refractivity (Wildman–Crippen MR) is 143 cm³/mol. The third-order valence-electron chi connectivity index (χ3n) is 6.14. The second-order valence-electron chi connectivity index (χ2n) is 8.62. The molecule has 0 unspecified atom stereocenters. The van der Waals surface area contributed by atoms with Crippen molar-refractivity contribution >= 4 is 32.6 Å². The molecule has 35 heavy (non-hydrogen) atoms. The minimum absolute atomic E-state index is 0.0170. The molecule has 2 aromatic heterocycles. The molecule has 0 saturated carbocycles. The first-order valence-electron chi connectivity index (χ1n) is 12.0. The van der Waals surface area contributed by atoms with Crippen molar-refractivity contribution in [2.75, 3.05) is 11.4 Å². The van der Waals surface area contributed by atoms with E-state index in [0.717, 1.165) is 41.2 Å². The highest BCUT2D eigenvalue weighted by atomic mass is 32.1. The van der Waals surface area contributed by atoms with Crippen molar-refractivity contribution in [2.45, 2.75) is 32.7 Å². The summed E-state index contributed by atoms with van der Waals surface area (Å²) in [6.45, 7) is 3.53. The number of carbonyl (C=O) groups excluding carboxylic acids is 1. The average molecular weight is 481 g/mol. The van der Waals surface area contributed by atoms with E-state index < -0.39 is 0 Å². The van der Waals surface area contributed by atoms with Gasteiger partial charge in [-0.05, 0) is 60.2 Å². The van der Waals surface area contributed by atoms with Crippen molar-refractivity contribution in [1.29, 1.82) is 0 Å². The van der Waals surface area contributed by atoms with Crippen LogP contribution in [0.4, 0.5) is 5.13 Å². The lowest BCUT2D eigenvalue weighted by molar-refractivity contribution is 0.0986. The van der Waals surface area contributed by atoms with Crippen LogP contribution in [0.25, 0.3) is 10.2 Å². The molecule has 6 heteroatoms. The van der Waals surface area contributed by atoms with Crippen molar-refractivity contribution in [1.82, 2.24) is 14.5 Å². The number of carbonyl (C=O) groups is 1. The molecule has 0 aliphatic carbocycles. The van der Waals surface area contributed by atoms with Gasteiger partial charge in [0.05, 0.1) is 16.5 Å². The van der Waals surface area contributed by atoms with Gasteiger partial charge >= 0.3 is 0 Å². The van der Waals surface area contributed by atoms with Crippen LogP contribution in [0.3, 0.4) is 0 Å². The van der Waals surface area contributed by atoms with Crippen LogP contribution in [0.15, 0.2) is 91.5 Å².